The largest absolute Gasteiger partial charge is 0.486 e. The van der Waals surface area contributed by atoms with Crippen LogP contribution in [0.25, 0.3) is 0 Å². The summed E-state index contributed by atoms with van der Waals surface area (Å²) < 4.78 is 48.3. The first-order valence-corrected chi connectivity index (χ1v) is 8.04. The van der Waals surface area contributed by atoms with Crippen molar-refractivity contribution in [2.24, 2.45) is 0 Å². The van der Waals surface area contributed by atoms with Crippen molar-refractivity contribution in [3.05, 3.63) is 46.2 Å². The van der Waals surface area contributed by atoms with E-state index in [1.54, 1.807) is 24.3 Å². The second kappa shape index (κ2) is 6.75. The van der Waals surface area contributed by atoms with E-state index in [1.807, 2.05) is 0 Å². The van der Waals surface area contributed by atoms with E-state index in [2.05, 4.69) is 5.32 Å². The Morgan fingerprint density at radius 1 is 1.12 bits per heavy atom. The molecule has 1 unspecified atom stereocenters. The minimum Gasteiger partial charge on any atom is -0.486 e. The number of para-hydroxylation sites is 2. The highest BCUT2D eigenvalue weighted by atomic mass is 32.1. The van der Waals surface area contributed by atoms with Crippen LogP contribution in [0.5, 0.6) is 11.5 Å². The third-order valence-corrected chi connectivity index (χ3v) is 4.45. The predicted octanol–water partition coefficient (Wildman–Crippen LogP) is 3.06. The number of Topliss-reactive ketones (excluding diaryl/α,β-unsaturated/α-hetero) is 1. The van der Waals surface area contributed by atoms with Gasteiger partial charge in [0.05, 0.1) is 16.3 Å². The number of hydrogen-bond acceptors (Lipinski definition) is 5. The molecular weight excluding hydrogens is 359 g/mol. The van der Waals surface area contributed by atoms with Crippen molar-refractivity contribution in [2.75, 3.05) is 13.2 Å². The Balaban J connectivity index is 1.57. The molecule has 25 heavy (non-hydrogen) atoms. The van der Waals surface area contributed by atoms with E-state index >= 15 is 0 Å². The van der Waals surface area contributed by atoms with Crippen LogP contribution >= 0.6 is 11.3 Å². The molecule has 1 atom stereocenters. The van der Waals surface area contributed by atoms with Crippen molar-refractivity contribution < 1.29 is 32.2 Å². The van der Waals surface area contributed by atoms with Gasteiger partial charge in [-0.2, -0.15) is 13.2 Å². The van der Waals surface area contributed by atoms with E-state index in [4.69, 9.17) is 9.47 Å². The summed E-state index contributed by atoms with van der Waals surface area (Å²) in [7, 11) is 0. The molecule has 2 aromatic rings. The lowest BCUT2D eigenvalue weighted by atomic mass is 10.2. The number of fused-ring (bicyclic) bond motifs is 1. The second-order valence-electron chi connectivity index (χ2n) is 5.20. The Morgan fingerprint density at radius 2 is 1.80 bits per heavy atom. The molecule has 5 nitrogen and oxygen atoms in total. The Bertz CT molecular complexity index is 803. The number of halogens is 3. The molecule has 1 aliphatic rings. The number of thiophene rings is 1. The lowest BCUT2D eigenvalue weighted by molar-refractivity contribution is -0.0882. The number of ether oxygens (including phenoxy) is 2. The van der Waals surface area contributed by atoms with Crippen LogP contribution in [0.4, 0.5) is 13.2 Å². The topological polar surface area (TPSA) is 64.6 Å². The maximum Gasteiger partial charge on any atom is 0.455 e. The van der Waals surface area contributed by atoms with E-state index in [0.717, 1.165) is 6.07 Å². The Labute approximate surface area is 144 Å². The van der Waals surface area contributed by atoms with Gasteiger partial charge in [-0.05, 0) is 24.3 Å². The van der Waals surface area contributed by atoms with E-state index in [-0.39, 0.29) is 18.0 Å². The average Bonchev–Trinajstić information content (AvgIpc) is 3.08. The first kappa shape index (κ1) is 17.3. The number of benzene rings is 1. The average molecular weight is 371 g/mol. The highest BCUT2D eigenvalue weighted by molar-refractivity contribution is 7.16. The van der Waals surface area contributed by atoms with Crippen molar-refractivity contribution in [2.45, 2.75) is 12.3 Å². The molecule has 3 rings (SSSR count). The zero-order valence-corrected chi connectivity index (χ0v) is 13.4. The molecule has 2 heterocycles. The van der Waals surface area contributed by atoms with Gasteiger partial charge in [0.25, 0.3) is 11.7 Å². The molecule has 0 saturated carbocycles. The highest BCUT2D eigenvalue weighted by Crippen LogP contribution is 2.31. The number of carbonyl (C=O) groups excluding carboxylic acids is 2. The fourth-order valence-electron chi connectivity index (χ4n) is 2.18. The van der Waals surface area contributed by atoms with Gasteiger partial charge in [-0.3, -0.25) is 9.59 Å². The molecule has 9 heteroatoms. The quantitative estimate of drug-likeness (QED) is 0.839. The molecule has 1 amide bonds. The number of hydrogen-bond donors (Lipinski definition) is 1. The summed E-state index contributed by atoms with van der Waals surface area (Å²) in [4.78, 5) is 22.7. The maximum atomic E-state index is 12.4. The molecule has 0 fully saturated rings. The van der Waals surface area contributed by atoms with Crippen LogP contribution in [-0.4, -0.2) is 37.1 Å². The van der Waals surface area contributed by atoms with Crippen LogP contribution in [0.2, 0.25) is 0 Å². The van der Waals surface area contributed by atoms with Crippen molar-refractivity contribution in [3.63, 3.8) is 0 Å². The number of alkyl halides is 3. The summed E-state index contributed by atoms with van der Waals surface area (Å²) in [6.07, 6.45) is -5.38. The third-order valence-electron chi connectivity index (χ3n) is 3.37. The van der Waals surface area contributed by atoms with Gasteiger partial charge in [0.15, 0.2) is 11.5 Å². The van der Waals surface area contributed by atoms with Crippen LogP contribution in [0.1, 0.15) is 19.3 Å². The van der Waals surface area contributed by atoms with Gasteiger partial charge in [0.1, 0.15) is 12.7 Å². The molecule has 0 spiro atoms. The minimum absolute atomic E-state index is 0.0183. The number of nitrogens with one attached hydrogen (secondary N) is 1. The molecule has 1 aromatic carbocycles. The van der Waals surface area contributed by atoms with E-state index in [1.165, 1.54) is 6.07 Å². The van der Waals surface area contributed by atoms with Crippen LogP contribution in [0.15, 0.2) is 36.4 Å². The summed E-state index contributed by atoms with van der Waals surface area (Å²) in [6, 6.07) is 9.26. The van der Waals surface area contributed by atoms with Crippen LogP contribution in [0.3, 0.4) is 0 Å². The van der Waals surface area contributed by atoms with Gasteiger partial charge >= 0.3 is 6.18 Å². The van der Waals surface area contributed by atoms with E-state index in [0.29, 0.717) is 22.8 Å². The van der Waals surface area contributed by atoms with Gasteiger partial charge in [-0.25, -0.2) is 0 Å². The van der Waals surface area contributed by atoms with Crippen molar-refractivity contribution >= 4 is 23.0 Å². The minimum atomic E-state index is -4.96. The predicted molar refractivity (Wildman–Crippen MR) is 83.4 cm³/mol. The van der Waals surface area contributed by atoms with Gasteiger partial charge in [0, 0.05) is 0 Å². The fourth-order valence-corrected chi connectivity index (χ4v) is 3.06. The van der Waals surface area contributed by atoms with Gasteiger partial charge in [-0.15, -0.1) is 11.3 Å². The molecule has 0 radical (unpaired) electrons. The monoisotopic (exact) mass is 371 g/mol. The summed E-state index contributed by atoms with van der Waals surface area (Å²) in [5.74, 6) is -1.37. The summed E-state index contributed by atoms with van der Waals surface area (Å²) in [6.45, 7) is 0.354. The fraction of sp³-hybridized carbons (Fsp3) is 0.250. The summed E-state index contributed by atoms with van der Waals surface area (Å²) >= 11 is 0.497. The molecule has 0 saturated heterocycles. The first-order valence-electron chi connectivity index (χ1n) is 7.22. The van der Waals surface area contributed by atoms with Gasteiger partial charge < -0.3 is 14.8 Å². The molecule has 0 aliphatic carbocycles. The number of carbonyl (C=O) groups is 2. The van der Waals surface area contributed by atoms with Gasteiger partial charge in [0.2, 0.25) is 0 Å². The standard InChI is InChI=1S/C16H12F3NO4S/c17-16(18,19)14(21)12-5-6-13(25-12)15(22)20-7-9-8-23-10-3-1-2-4-11(10)24-9/h1-6,9H,7-8H2,(H,20,22). The van der Waals surface area contributed by atoms with E-state index in [9.17, 15) is 22.8 Å². The lowest BCUT2D eigenvalue weighted by Crippen LogP contribution is -2.40. The third kappa shape index (κ3) is 3.93. The van der Waals surface area contributed by atoms with Crippen molar-refractivity contribution in [1.82, 2.24) is 5.32 Å². The maximum absolute atomic E-state index is 12.4. The number of ketones is 1. The van der Waals surface area contributed by atoms with Gasteiger partial charge in [-0.1, -0.05) is 12.1 Å². The molecular formula is C16H12F3NO4S. The molecule has 132 valence electrons. The summed E-state index contributed by atoms with van der Waals surface area (Å²) in [5, 5.41) is 2.56. The Morgan fingerprint density at radius 3 is 2.52 bits per heavy atom. The lowest BCUT2D eigenvalue weighted by Gasteiger charge is -2.26. The second-order valence-corrected chi connectivity index (χ2v) is 6.28. The highest BCUT2D eigenvalue weighted by Gasteiger charge is 2.40. The van der Waals surface area contributed by atoms with Crippen LogP contribution < -0.4 is 14.8 Å². The summed E-state index contributed by atoms with van der Waals surface area (Å²) in [5.41, 5.74) is 0. The van der Waals surface area contributed by atoms with Crippen LogP contribution in [0, 0.1) is 0 Å². The molecule has 0 bridgehead atoms. The smallest absolute Gasteiger partial charge is 0.455 e. The number of rotatable bonds is 4. The van der Waals surface area contributed by atoms with Crippen LogP contribution in [-0.2, 0) is 0 Å². The normalized spacial score (nSPS) is 16.4. The molecule has 1 N–H and O–H groups in total. The Kier molecular flexibility index (Phi) is 4.67. The zero-order valence-electron chi connectivity index (χ0n) is 12.6. The zero-order chi connectivity index (χ0) is 18.0. The van der Waals surface area contributed by atoms with Crippen molar-refractivity contribution in [3.8, 4) is 11.5 Å². The van der Waals surface area contributed by atoms with E-state index < -0.39 is 28.8 Å². The Hall–Kier alpha value is -2.55. The molecule has 1 aromatic heterocycles. The number of amides is 1. The molecule has 1 aliphatic heterocycles. The first-order chi connectivity index (χ1) is 11.8. The van der Waals surface area contributed by atoms with Crippen molar-refractivity contribution in [1.29, 1.82) is 0 Å². The SMILES string of the molecule is O=C(NCC1COc2ccccc2O1)c1ccc(C(=O)C(F)(F)F)s1.